The zero-order valence-corrected chi connectivity index (χ0v) is 20.8. The molecule has 2 aliphatic carbocycles. The number of ether oxygens (including phenoxy) is 1. The molecule has 3 unspecified atom stereocenters. The van der Waals surface area contributed by atoms with Crippen LogP contribution in [0.3, 0.4) is 0 Å². The third kappa shape index (κ3) is 4.19. The van der Waals surface area contributed by atoms with Crippen LogP contribution in [0.1, 0.15) is 57.4 Å². The highest BCUT2D eigenvalue weighted by molar-refractivity contribution is 14.0. The number of carbonyl (C=O) groups excluding carboxylic acids is 1. The number of fused-ring (bicyclic) bond motifs is 2. The highest BCUT2D eigenvalue weighted by Gasteiger charge is 2.65. The number of rotatable bonds is 5. The van der Waals surface area contributed by atoms with Crippen molar-refractivity contribution in [1.29, 1.82) is 0 Å². The molecule has 0 bridgehead atoms. The second-order valence-corrected chi connectivity index (χ2v) is 9.32. The molecule has 2 saturated carbocycles. The minimum atomic E-state index is 0. The van der Waals surface area contributed by atoms with Gasteiger partial charge in [0.2, 0.25) is 5.91 Å². The molecule has 1 spiro atoms. The smallest absolute Gasteiger partial charge is 0.227 e. The molecule has 5 rings (SSSR count). The molecule has 2 aliphatic heterocycles. The van der Waals surface area contributed by atoms with Gasteiger partial charge < -0.3 is 20.3 Å². The van der Waals surface area contributed by atoms with E-state index in [0.717, 1.165) is 43.3 Å². The predicted molar refractivity (Wildman–Crippen MR) is 134 cm³/mol. The van der Waals surface area contributed by atoms with E-state index in [1.165, 1.54) is 32.1 Å². The summed E-state index contributed by atoms with van der Waals surface area (Å²) in [6, 6.07) is 8.77. The van der Waals surface area contributed by atoms with E-state index in [-0.39, 0.29) is 29.9 Å². The number of carbonyl (C=O) groups is 1. The minimum Gasteiger partial charge on any atom is -0.377 e. The van der Waals surface area contributed by atoms with Crippen molar-refractivity contribution in [3.8, 4) is 0 Å². The van der Waals surface area contributed by atoms with E-state index in [1.54, 1.807) is 0 Å². The summed E-state index contributed by atoms with van der Waals surface area (Å²) < 4.78 is 6.12. The third-order valence-electron chi connectivity index (χ3n) is 7.66. The summed E-state index contributed by atoms with van der Waals surface area (Å²) in [6.07, 6.45) is 8.46. The van der Waals surface area contributed by atoms with Gasteiger partial charge in [0.25, 0.3) is 0 Å². The second-order valence-electron chi connectivity index (χ2n) is 9.32. The van der Waals surface area contributed by atoms with Crippen LogP contribution in [0.15, 0.2) is 29.3 Å². The summed E-state index contributed by atoms with van der Waals surface area (Å²) in [5.41, 5.74) is 2.48. The SMILES string of the molecule is CCNC(=NCc1ccc(N2CCCC2=O)cc1)NC1C2CCOC2C12CCCC2.I. The van der Waals surface area contributed by atoms with Crippen LogP contribution in [0.4, 0.5) is 5.69 Å². The van der Waals surface area contributed by atoms with E-state index in [1.807, 2.05) is 17.0 Å². The average molecular weight is 538 g/mol. The number of anilines is 1. The van der Waals surface area contributed by atoms with Crippen molar-refractivity contribution in [3.05, 3.63) is 29.8 Å². The predicted octanol–water partition coefficient (Wildman–Crippen LogP) is 3.83. The molecule has 7 heteroatoms. The Balaban J connectivity index is 0.00000231. The lowest BCUT2D eigenvalue weighted by molar-refractivity contribution is -0.125. The number of benzene rings is 1. The van der Waals surface area contributed by atoms with Crippen molar-refractivity contribution in [2.45, 2.75) is 70.6 Å². The molecular formula is C24H35IN4O2. The van der Waals surface area contributed by atoms with Crippen LogP contribution in [-0.4, -0.2) is 43.7 Å². The largest absolute Gasteiger partial charge is 0.377 e. The molecule has 3 atom stereocenters. The fourth-order valence-corrected chi connectivity index (χ4v) is 6.24. The number of halogens is 1. The van der Waals surface area contributed by atoms with Gasteiger partial charge in [-0.2, -0.15) is 0 Å². The van der Waals surface area contributed by atoms with Crippen LogP contribution >= 0.6 is 24.0 Å². The molecule has 0 radical (unpaired) electrons. The molecule has 170 valence electrons. The Morgan fingerprint density at radius 1 is 1.23 bits per heavy atom. The summed E-state index contributed by atoms with van der Waals surface area (Å²) in [6.45, 7) is 5.35. The lowest BCUT2D eigenvalue weighted by atomic mass is 9.54. The van der Waals surface area contributed by atoms with E-state index in [0.29, 0.717) is 36.4 Å². The van der Waals surface area contributed by atoms with Crippen molar-refractivity contribution < 1.29 is 9.53 Å². The zero-order chi connectivity index (χ0) is 20.6. The lowest BCUT2D eigenvalue weighted by Crippen LogP contribution is -2.69. The maximum atomic E-state index is 11.9. The summed E-state index contributed by atoms with van der Waals surface area (Å²) in [5.74, 6) is 1.78. The highest BCUT2D eigenvalue weighted by Crippen LogP contribution is 2.60. The number of guanidine groups is 1. The van der Waals surface area contributed by atoms with Gasteiger partial charge in [0.05, 0.1) is 12.6 Å². The van der Waals surface area contributed by atoms with E-state index in [4.69, 9.17) is 9.73 Å². The quantitative estimate of drug-likeness (QED) is 0.340. The number of aliphatic imine (C=N–C) groups is 1. The standard InChI is InChI=1S/C24H34N4O2.HI/c1-2-25-23(27-21-19-11-15-30-22(19)24(21)12-3-4-13-24)26-16-17-7-9-18(10-8-17)28-14-5-6-20(28)29;/h7-10,19,21-22H,2-6,11-16H2,1H3,(H2,25,26,27);1H. The first-order valence-electron chi connectivity index (χ1n) is 11.8. The molecule has 31 heavy (non-hydrogen) atoms. The van der Waals surface area contributed by atoms with Gasteiger partial charge in [-0.15, -0.1) is 24.0 Å². The molecule has 2 heterocycles. The maximum Gasteiger partial charge on any atom is 0.227 e. The maximum absolute atomic E-state index is 11.9. The minimum absolute atomic E-state index is 0. The lowest BCUT2D eigenvalue weighted by Gasteiger charge is -2.57. The van der Waals surface area contributed by atoms with Crippen LogP contribution in [0, 0.1) is 11.3 Å². The number of nitrogens with one attached hydrogen (secondary N) is 2. The Hall–Kier alpha value is -1.35. The normalized spacial score (nSPS) is 28.9. The Labute approximate surface area is 202 Å². The molecule has 6 nitrogen and oxygen atoms in total. The van der Waals surface area contributed by atoms with Gasteiger partial charge >= 0.3 is 0 Å². The van der Waals surface area contributed by atoms with E-state index in [2.05, 4.69) is 29.7 Å². The van der Waals surface area contributed by atoms with Crippen molar-refractivity contribution in [2.75, 3.05) is 24.6 Å². The zero-order valence-electron chi connectivity index (χ0n) is 18.4. The Morgan fingerprint density at radius 2 is 2.00 bits per heavy atom. The molecule has 0 aromatic heterocycles. The van der Waals surface area contributed by atoms with Gasteiger partial charge in [-0.05, 0) is 50.3 Å². The van der Waals surface area contributed by atoms with Crippen LogP contribution < -0.4 is 15.5 Å². The summed E-state index contributed by atoms with van der Waals surface area (Å²) in [4.78, 5) is 18.7. The first-order valence-corrected chi connectivity index (χ1v) is 11.8. The molecule has 1 aromatic carbocycles. The molecule has 2 saturated heterocycles. The van der Waals surface area contributed by atoms with Crippen molar-refractivity contribution in [1.82, 2.24) is 10.6 Å². The average Bonchev–Trinajstić information content (AvgIpc) is 3.50. The second kappa shape index (κ2) is 9.65. The van der Waals surface area contributed by atoms with Crippen LogP contribution in [0.25, 0.3) is 0 Å². The topological polar surface area (TPSA) is 66.0 Å². The summed E-state index contributed by atoms with van der Waals surface area (Å²) >= 11 is 0. The first kappa shape index (κ1) is 22.8. The fourth-order valence-electron chi connectivity index (χ4n) is 6.24. The summed E-state index contributed by atoms with van der Waals surface area (Å²) in [5, 5.41) is 7.24. The summed E-state index contributed by atoms with van der Waals surface area (Å²) in [7, 11) is 0. The Bertz CT molecular complexity index is 806. The van der Waals surface area contributed by atoms with E-state index in [9.17, 15) is 4.79 Å². The van der Waals surface area contributed by atoms with Gasteiger partial charge in [0.1, 0.15) is 0 Å². The van der Waals surface area contributed by atoms with Crippen molar-refractivity contribution >= 4 is 41.5 Å². The van der Waals surface area contributed by atoms with E-state index < -0.39 is 0 Å². The van der Waals surface area contributed by atoms with Gasteiger partial charge in [-0.25, -0.2) is 4.99 Å². The Kier molecular flexibility index (Phi) is 7.10. The van der Waals surface area contributed by atoms with Gasteiger partial charge in [-0.1, -0.05) is 25.0 Å². The van der Waals surface area contributed by atoms with Crippen LogP contribution in [0.2, 0.25) is 0 Å². The highest BCUT2D eigenvalue weighted by atomic mass is 127. The first-order chi connectivity index (χ1) is 14.7. The molecule has 4 aliphatic rings. The van der Waals surface area contributed by atoms with Gasteiger partial charge in [0.15, 0.2) is 5.96 Å². The molecule has 1 amide bonds. The van der Waals surface area contributed by atoms with Crippen LogP contribution in [-0.2, 0) is 16.1 Å². The fraction of sp³-hybridized carbons (Fsp3) is 0.667. The van der Waals surface area contributed by atoms with Crippen molar-refractivity contribution in [3.63, 3.8) is 0 Å². The molecule has 4 fully saturated rings. The van der Waals surface area contributed by atoms with Gasteiger partial charge in [-0.3, -0.25) is 4.79 Å². The third-order valence-corrected chi connectivity index (χ3v) is 7.66. The number of hydrogen-bond acceptors (Lipinski definition) is 3. The van der Waals surface area contributed by atoms with E-state index >= 15 is 0 Å². The molecule has 1 aromatic rings. The van der Waals surface area contributed by atoms with Gasteiger partial charge in [0, 0.05) is 49.2 Å². The molecular weight excluding hydrogens is 503 g/mol. The number of hydrogen-bond donors (Lipinski definition) is 2. The Morgan fingerprint density at radius 3 is 2.68 bits per heavy atom. The van der Waals surface area contributed by atoms with Crippen LogP contribution in [0.5, 0.6) is 0 Å². The monoisotopic (exact) mass is 538 g/mol. The number of nitrogens with zero attached hydrogens (tertiary/aromatic N) is 2. The molecule has 2 N–H and O–H groups in total. The van der Waals surface area contributed by atoms with Crippen molar-refractivity contribution in [2.24, 2.45) is 16.3 Å². The number of amides is 1.